The van der Waals surface area contributed by atoms with Gasteiger partial charge in [-0.3, -0.25) is 4.90 Å². The summed E-state index contributed by atoms with van der Waals surface area (Å²) in [5.41, 5.74) is 5.95. The van der Waals surface area contributed by atoms with Crippen molar-refractivity contribution in [3.63, 3.8) is 0 Å². The molecule has 1 aliphatic rings. The summed E-state index contributed by atoms with van der Waals surface area (Å²) in [6.45, 7) is 1.65. The average molecular weight is 236 g/mol. The monoisotopic (exact) mass is 236 g/mol. The minimum atomic E-state index is 0.509. The van der Waals surface area contributed by atoms with Gasteiger partial charge < -0.3 is 10.3 Å². The van der Waals surface area contributed by atoms with Crippen LogP contribution in [0.4, 0.5) is 0 Å². The minimum Gasteiger partial charge on any atom is -0.337 e. The molecule has 0 spiro atoms. The Morgan fingerprint density at radius 2 is 2.24 bits per heavy atom. The Labute approximate surface area is 104 Å². The molecule has 0 saturated heterocycles. The predicted octanol–water partition coefficient (Wildman–Crippen LogP) is 1.37. The van der Waals surface area contributed by atoms with E-state index >= 15 is 0 Å². The zero-order valence-electron chi connectivity index (χ0n) is 11.0. The molecule has 1 fully saturated rings. The molecule has 2 N–H and O–H groups in total. The van der Waals surface area contributed by atoms with Gasteiger partial charge in [-0.2, -0.15) is 0 Å². The van der Waals surface area contributed by atoms with Crippen molar-refractivity contribution in [2.45, 2.75) is 38.3 Å². The maximum atomic E-state index is 5.95. The van der Waals surface area contributed by atoms with Crippen LogP contribution in [0.2, 0.25) is 0 Å². The van der Waals surface area contributed by atoms with Crippen LogP contribution in [0.1, 0.15) is 31.5 Å². The molecule has 96 valence electrons. The summed E-state index contributed by atoms with van der Waals surface area (Å²) < 4.78 is 2.08. The van der Waals surface area contributed by atoms with E-state index in [9.17, 15) is 0 Å². The molecule has 4 nitrogen and oxygen atoms in total. The van der Waals surface area contributed by atoms with Crippen molar-refractivity contribution >= 4 is 0 Å². The molecular formula is C13H24N4. The van der Waals surface area contributed by atoms with Crippen molar-refractivity contribution in [3.05, 3.63) is 18.2 Å². The first-order valence-corrected chi connectivity index (χ1v) is 6.59. The highest BCUT2D eigenvalue weighted by Gasteiger charge is 2.27. The molecule has 0 amide bonds. The summed E-state index contributed by atoms with van der Waals surface area (Å²) in [6, 6.07) is 0.509. The van der Waals surface area contributed by atoms with Crippen LogP contribution >= 0.6 is 0 Å². The average Bonchev–Trinajstić information content (AvgIpc) is 2.93. The standard InChI is InChI=1S/C13H24N4/c1-16-8-7-15-13(16)10-17(2)12(9-14)11-5-3-4-6-11/h7-8,11-12H,3-6,9-10,14H2,1-2H3. The van der Waals surface area contributed by atoms with Crippen LogP contribution in [0.25, 0.3) is 0 Å². The lowest BCUT2D eigenvalue weighted by Gasteiger charge is -2.31. The maximum Gasteiger partial charge on any atom is 0.122 e. The van der Waals surface area contributed by atoms with Crippen LogP contribution in [-0.2, 0) is 13.6 Å². The van der Waals surface area contributed by atoms with E-state index in [2.05, 4.69) is 21.5 Å². The second-order valence-electron chi connectivity index (χ2n) is 5.22. The van der Waals surface area contributed by atoms with Crippen LogP contribution in [0.15, 0.2) is 12.4 Å². The zero-order valence-corrected chi connectivity index (χ0v) is 11.0. The van der Waals surface area contributed by atoms with Crippen molar-refractivity contribution in [3.8, 4) is 0 Å². The largest absolute Gasteiger partial charge is 0.337 e. The first-order chi connectivity index (χ1) is 8.22. The van der Waals surface area contributed by atoms with Crippen LogP contribution in [0, 0.1) is 5.92 Å². The Bertz CT molecular complexity index is 341. The van der Waals surface area contributed by atoms with Crippen LogP contribution in [0.5, 0.6) is 0 Å². The van der Waals surface area contributed by atoms with Crippen molar-refractivity contribution < 1.29 is 0 Å². The van der Waals surface area contributed by atoms with Crippen LogP contribution in [-0.4, -0.2) is 34.1 Å². The molecule has 0 radical (unpaired) electrons. The molecule has 1 aliphatic carbocycles. The molecule has 0 aromatic carbocycles. The number of hydrogen-bond acceptors (Lipinski definition) is 3. The molecule has 1 heterocycles. The third-order valence-corrected chi connectivity index (χ3v) is 4.06. The fraction of sp³-hybridized carbons (Fsp3) is 0.769. The topological polar surface area (TPSA) is 47.1 Å². The number of nitrogens with zero attached hydrogens (tertiary/aromatic N) is 3. The Morgan fingerprint density at radius 1 is 1.53 bits per heavy atom. The van der Waals surface area contributed by atoms with Gasteiger partial charge in [-0.1, -0.05) is 12.8 Å². The molecular weight excluding hydrogens is 212 g/mol. The number of rotatable bonds is 5. The normalized spacial score (nSPS) is 19.1. The molecule has 0 aliphatic heterocycles. The van der Waals surface area contributed by atoms with E-state index in [4.69, 9.17) is 5.73 Å². The Morgan fingerprint density at radius 3 is 2.76 bits per heavy atom. The first-order valence-electron chi connectivity index (χ1n) is 6.59. The summed E-state index contributed by atoms with van der Waals surface area (Å²) in [7, 11) is 4.22. The molecule has 1 saturated carbocycles. The van der Waals surface area contributed by atoms with Gasteiger partial charge in [0.05, 0.1) is 6.54 Å². The lowest BCUT2D eigenvalue weighted by Crippen LogP contribution is -2.42. The van der Waals surface area contributed by atoms with Gasteiger partial charge >= 0.3 is 0 Å². The highest BCUT2D eigenvalue weighted by atomic mass is 15.2. The summed E-state index contributed by atoms with van der Waals surface area (Å²) in [6.07, 6.45) is 9.28. The number of nitrogens with two attached hydrogens (primary N) is 1. The maximum absolute atomic E-state index is 5.95. The molecule has 1 aromatic heterocycles. The Balaban J connectivity index is 1.97. The number of aryl methyl sites for hydroxylation is 1. The molecule has 4 heteroatoms. The lowest BCUT2D eigenvalue weighted by molar-refractivity contribution is 0.169. The van der Waals surface area contributed by atoms with E-state index in [1.807, 2.05) is 19.4 Å². The molecule has 1 unspecified atom stereocenters. The van der Waals surface area contributed by atoms with Crippen molar-refractivity contribution in [1.82, 2.24) is 14.5 Å². The van der Waals surface area contributed by atoms with Crippen molar-refractivity contribution in [2.24, 2.45) is 18.7 Å². The second-order valence-corrected chi connectivity index (χ2v) is 5.22. The van der Waals surface area contributed by atoms with Gasteiger partial charge in [0, 0.05) is 32.0 Å². The fourth-order valence-corrected chi connectivity index (χ4v) is 2.96. The summed E-state index contributed by atoms with van der Waals surface area (Å²) in [5.74, 6) is 1.90. The van der Waals surface area contributed by atoms with E-state index in [1.54, 1.807) is 0 Å². The predicted molar refractivity (Wildman–Crippen MR) is 69.5 cm³/mol. The highest BCUT2D eigenvalue weighted by Crippen LogP contribution is 2.29. The first kappa shape index (κ1) is 12.6. The number of likely N-dealkylation sites (N-methyl/N-ethyl adjacent to an activating group) is 1. The molecule has 0 bridgehead atoms. The van der Waals surface area contributed by atoms with Gasteiger partial charge in [-0.05, 0) is 25.8 Å². The van der Waals surface area contributed by atoms with Gasteiger partial charge in [-0.25, -0.2) is 4.98 Å². The summed E-state index contributed by atoms with van der Waals surface area (Å²) in [4.78, 5) is 6.75. The number of imidazole rings is 1. The van der Waals surface area contributed by atoms with E-state index in [0.717, 1.165) is 24.8 Å². The van der Waals surface area contributed by atoms with E-state index in [1.165, 1.54) is 25.7 Å². The fourth-order valence-electron chi connectivity index (χ4n) is 2.96. The zero-order chi connectivity index (χ0) is 12.3. The summed E-state index contributed by atoms with van der Waals surface area (Å²) in [5, 5.41) is 0. The molecule has 1 atom stereocenters. The summed E-state index contributed by atoms with van der Waals surface area (Å²) >= 11 is 0. The third kappa shape index (κ3) is 2.87. The Hall–Kier alpha value is -0.870. The van der Waals surface area contributed by atoms with Gasteiger partial charge in [0.2, 0.25) is 0 Å². The SMILES string of the molecule is CN(Cc1nccn1C)C(CN)C1CCCC1. The van der Waals surface area contributed by atoms with E-state index in [-0.39, 0.29) is 0 Å². The van der Waals surface area contributed by atoms with Gasteiger partial charge in [0.25, 0.3) is 0 Å². The Kier molecular flexibility index (Phi) is 4.18. The van der Waals surface area contributed by atoms with Crippen LogP contribution in [0.3, 0.4) is 0 Å². The van der Waals surface area contributed by atoms with E-state index in [0.29, 0.717) is 6.04 Å². The quantitative estimate of drug-likeness (QED) is 0.840. The van der Waals surface area contributed by atoms with Gasteiger partial charge in [-0.15, -0.1) is 0 Å². The van der Waals surface area contributed by atoms with Crippen molar-refractivity contribution in [2.75, 3.05) is 13.6 Å². The van der Waals surface area contributed by atoms with Crippen LogP contribution < -0.4 is 5.73 Å². The van der Waals surface area contributed by atoms with Gasteiger partial charge in [0.1, 0.15) is 5.82 Å². The molecule has 17 heavy (non-hydrogen) atoms. The van der Waals surface area contributed by atoms with E-state index < -0.39 is 0 Å². The minimum absolute atomic E-state index is 0.509. The third-order valence-electron chi connectivity index (χ3n) is 4.06. The number of aromatic nitrogens is 2. The molecule has 1 aromatic rings. The highest BCUT2D eigenvalue weighted by molar-refractivity contribution is 4.92. The molecule has 2 rings (SSSR count). The second kappa shape index (κ2) is 5.65. The van der Waals surface area contributed by atoms with Crippen molar-refractivity contribution in [1.29, 1.82) is 0 Å². The van der Waals surface area contributed by atoms with Gasteiger partial charge in [0.15, 0.2) is 0 Å². The lowest BCUT2D eigenvalue weighted by atomic mass is 9.97. The number of hydrogen-bond donors (Lipinski definition) is 1. The smallest absolute Gasteiger partial charge is 0.122 e.